The third-order valence-corrected chi connectivity index (χ3v) is 2.99. The van der Waals surface area contributed by atoms with Crippen molar-refractivity contribution in [3.05, 3.63) is 34.9 Å². The summed E-state index contributed by atoms with van der Waals surface area (Å²) < 4.78 is 0. The Morgan fingerprint density at radius 3 is 2.69 bits per heavy atom. The Hall–Kier alpha value is -0.820. The normalized spacial score (nSPS) is 22.2. The lowest BCUT2D eigenvalue weighted by atomic mass is 10.0. The number of aryl methyl sites for hydroxylation is 2. The molecule has 1 fully saturated rings. The smallest absolute Gasteiger partial charge is 0.0320 e. The molecule has 1 aliphatic heterocycles. The van der Waals surface area contributed by atoms with E-state index in [0.29, 0.717) is 6.04 Å². The van der Waals surface area contributed by atoms with Crippen molar-refractivity contribution >= 4 is 0 Å². The van der Waals surface area contributed by atoms with Gasteiger partial charge in [0.1, 0.15) is 0 Å². The van der Waals surface area contributed by atoms with Crippen LogP contribution in [-0.4, -0.2) is 6.54 Å². The molecule has 0 spiro atoms. The van der Waals surface area contributed by atoms with Crippen LogP contribution >= 0.6 is 0 Å². The van der Waals surface area contributed by atoms with E-state index in [0.717, 1.165) is 0 Å². The van der Waals surface area contributed by atoms with E-state index in [1.54, 1.807) is 0 Å². The highest BCUT2D eigenvalue weighted by atomic mass is 14.9. The average molecular weight is 175 g/mol. The molecule has 1 saturated heterocycles. The van der Waals surface area contributed by atoms with Gasteiger partial charge in [-0.15, -0.1) is 0 Å². The van der Waals surface area contributed by atoms with Gasteiger partial charge >= 0.3 is 0 Å². The fraction of sp³-hybridized carbons (Fsp3) is 0.500. The van der Waals surface area contributed by atoms with Gasteiger partial charge in [-0.2, -0.15) is 0 Å². The quantitative estimate of drug-likeness (QED) is 0.692. The van der Waals surface area contributed by atoms with Crippen LogP contribution in [0.2, 0.25) is 0 Å². The molecule has 1 nitrogen and oxygen atoms in total. The van der Waals surface area contributed by atoms with Gasteiger partial charge in [0.2, 0.25) is 0 Å². The second-order valence-electron chi connectivity index (χ2n) is 3.99. The second-order valence-corrected chi connectivity index (χ2v) is 3.99. The number of hydrogen-bond donors (Lipinski definition) is 1. The first kappa shape index (κ1) is 8.76. The van der Waals surface area contributed by atoms with E-state index in [-0.39, 0.29) is 0 Å². The Morgan fingerprint density at radius 1 is 1.23 bits per heavy atom. The summed E-state index contributed by atoms with van der Waals surface area (Å²) in [6, 6.07) is 7.41. The number of nitrogens with one attached hydrogen (secondary N) is 1. The molecule has 0 radical (unpaired) electrons. The molecule has 0 saturated carbocycles. The van der Waals surface area contributed by atoms with Crippen LogP contribution in [0.25, 0.3) is 0 Å². The van der Waals surface area contributed by atoms with Gasteiger partial charge in [-0.1, -0.05) is 18.2 Å². The lowest BCUT2D eigenvalue weighted by molar-refractivity contribution is 0.647. The van der Waals surface area contributed by atoms with Crippen molar-refractivity contribution in [2.75, 3.05) is 6.54 Å². The lowest BCUT2D eigenvalue weighted by Gasteiger charge is -2.12. The molecule has 1 aromatic rings. The minimum atomic E-state index is 0.610. The van der Waals surface area contributed by atoms with Crippen molar-refractivity contribution in [3.8, 4) is 0 Å². The van der Waals surface area contributed by atoms with Crippen molar-refractivity contribution in [1.29, 1.82) is 0 Å². The molecule has 1 heterocycles. The van der Waals surface area contributed by atoms with Crippen molar-refractivity contribution in [1.82, 2.24) is 5.32 Å². The molecule has 1 aliphatic rings. The van der Waals surface area contributed by atoms with E-state index < -0.39 is 0 Å². The molecule has 1 atom stereocenters. The lowest BCUT2D eigenvalue weighted by Crippen LogP contribution is -2.12. The Morgan fingerprint density at radius 2 is 2.08 bits per heavy atom. The van der Waals surface area contributed by atoms with Crippen LogP contribution in [0.3, 0.4) is 0 Å². The van der Waals surface area contributed by atoms with Gasteiger partial charge < -0.3 is 5.32 Å². The zero-order valence-electron chi connectivity index (χ0n) is 8.43. The molecule has 70 valence electrons. The van der Waals surface area contributed by atoms with E-state index in [2.05, 4.69) is 37.4 Å². The summed E-state index contributed by atoms with van der Waals surface area (Å²) in [4.78, 5) is 0. The van der Waals surface area contributed by atoms with E-state index in [9.17, 15) is 0 Å². The summed E-state index contributed by atoms with van der Waals surface area (Å²) in [6.45, 7) is 5.53. The molecule has 1 unspecified atom stereocenters. The fourth-order valence-electron chi connectivity index (χ4n) is 1.95. The van der Waals surface area contributed by atoms with Gasteiger partial charge in [0.05, 0.1) is 0 Å². The maximum atomic E-state index is 3.52. The van der Waals surface area contributed by atoms with Gasteiger partial charge in [0.15, 0.2) is 0 Å². The van der Waals surface area contributed by atoms with Crippen LogP contribution in [0.15, 0.2) is 18.2 Å². The molecule has 0 aromatic heterocycles. The molecule has 2 rings (SSSR count). The minimum absolute atomic E-state index is 0.610. The summed E-state index contributed by atoms with van der Waals surface area (Å²) >= 11 is 0. The predicted molar refractivity (Wildman–Crippen MR) is 55.9 cm³/mol. The Bertz CT molecular complexity index is 298. The highest BCUT2D eigenvalue weighted by molar-refractivity contribution is 5.32. The van der Waals surface area contributed by atoms with E-state index in [4.69, 9.17) is 0 Å². The van der Waals surface area contributed by atoms with Crippen molar-refractivity contribution in [2.24, 2.45) is 0 Å². The van der Waals surface area contributed by atoms with Crippen molar-refractivity contribution in [3.63, 3.8) is 0 Å². The highest BCUT2D eigenvalue weighted by Gasteiger charge is 2.15. The average Bonchev–Trinajstić information content (AvgIpc) is 2.62. The standard InChI is InChI=1S/C12H17N/c1-9-5-6-11(8-10(9)2)12-4-3-7-13-12/h5-6,8,12-13H,3-4,7H2,1-2H3. The van der Waals surface area contributed by atoms with Crippen LogP contribution in [0.5, 0.6) is 0 Å². The number of hydrogen-bond acceptors (Lipinski definition) is 1. The van der Waals surface area contributed by atoms with Crippen LogP contribution in [-0.2, 0) is 0 Å². The number of benzene rings is 1. The van der Waals surface area contributed by atoms with Crippen LogP contribution in [0.1, 0.15) is 35.6 Å². The minimum Gasteiger partial charge on any atom is -0.310 e. The van der Waals surface area contributed by atoms with Crippen molar-refractivity contribution < 1.29 is 0 Å². The highest BCUT2D eigenvalue weighted by Crippen LogP contribution is 2.24. The molecule has 1 heteroatoms. The summed E-state index contributed by atoms with van der Waals surface area (Å²) in [5, 5.41) is 3.52. The third kappa shape index (κ3) is 1.75. The first-order valence-corrected chi connectivity index (χ1v) is 5.08. The molecule has 13 heavy (non-hydrogen) atoms. The zero-order valence-corrected chi connectivity index (χ0v) is 8.43. The molecule has 0 aliphatic carbocycles. The summed E-state index contributed by atoms with van der Waals surface area (Å²) in [7, 11) is 0. The van der Waals surface area contributed by atoms with E-state index >= 15 is 0 Å². The molecule has 0 amide bonds. The van der Waals surface area contributed by atoms with Crippen LogP contribution in [0, 0.1) is 13.8 Å². The van der Waals surface area contributed by atoms with E-state index in [1.165, 1.54) is 36.1 Å². The van der Waals surface area contributed by atoms with Crippen molar-refractivity contribution in [2.45, 2.75) is 32.7 Å². The van der Waals surface area contributed by atoms with E-state index in [1.807, 2.05) is 0 Å². The fourth-order valence-corrected chi connectivity index (χ4v) is 1.95. The largest absolute Gasteiger partial charge is 0.310 e. The van der Waals surface area contributed by atoms with Crippen LogP contribution in [0.4, 0.5) is 0 Å². The molecule has 1 aromatic carbocycles. The zero-order chi connectivity index (χ0) is 9.26. The topological polar surface area (TPSA) is 12.0 Å². The Kier molecular flexibility index (Phi) is 2.36. The third-order valence-electron chi connectivity index (χ3n) is 2.99. The first-order valence-electron chi connectivity index (χ1n) is 5.08. The molecule has 0 bridgehead atoms. The molecule has 1 N–H and O–H groups in total. The maximum Gasteiger partial charge on any atom is 0.0320 e. The summed E-state index contributed by atoms with van der Waals surface area (Å²) in [6.07, 6.45) is 2.61. The summed E-state index contributed by atoms with van der Waals surface area (Å²) in [5.74, 6) is 0. The number of rotatable bonds is 1. The van der Waals surface area contributed by atoms with Crippen LogP contribution < -0.4 is 5.32 Å². The summed E-state index contributed by atoms with van der Waals surface area (Å²) in [5.41, 5.74) is 4.26. The Balaban J connectivity index is 2.25. The monoisotopic (exact) mass is 175 g/mol. The van der Waals surface area contributed by atoms with Gasteiger partial charge in [0.25, 0.3) is 0 Å². The predicted octanol–water partition coefficient (Wildman–Crippen LogP) is 2.73. The first-order chi connectivity index (χ1) is 6.27. The maximum absolute atomic E-state index is 3.52. The Labute approximate surface area is 80.2 Å². The molecular weight excluding hydrogens is 158 g/mol. The van der Waals surface area contributed by atoms with Gasteiger partial charge in [-0.25, -0.2) is 0 Å². The van der Waals surface area contributed by atoms with Gasteiger partial charge in [-0.3, -0.25) is 0 Å². The van der Waals surface area contributed by atoms with Gasteiger partial charge in [-0.05, 0) is 49.9 Å². The second kappa shape index (κ2) is 3.51. The SMILES string of the molecule is Cc1ccc(C2CCCN2)cc1C. The van der Waals surface area contributed by atoms with Gasteiger partial charge in [0, 0.05) is 6.04 Å². The molecular formula is C12H17N.